The highest BCUT2D eigenvalue weighted by Crippen LogP contribution is 2.56. The van der Waals surface area contributed by atoms with Crippen LogP contribution in [0.2, 0.25) is 0 Å². The third-order valence-electron chi connectivity index (χ3n) is 2.84. The number of carbonyl (C=O) groups excluding carboxylic acids is 1. The predicted molar refractivity (Wildman–Crippen MR) is 83.8 cm³/mol. The van der Waals surface area contributed by atoms with E-state index in [1.165, 1.54) is 12.1 Å². The van der Waals surface area contributed by atoms with Gasteiger partial charge in [-0.25, -0.2) is 4.57 Å². The molecule has 0 saturated heterocycles. The number of phenols is 3. The van der Waals surface area contributed by atoms with E-state index in [0.717, 1.165) is 12.1 Å². The van der Waals surface area contributed by atoms with Gasteiger partial charge in [0.05, 0.1) is 5.56 Å². The van der Waals surface area contributed by atoms with Gasteiger partial charge in [0.15, 0.2) is 5.78 Å². The van der Waals surface area contributed by atoms with Crippen LogP contribution >= 0.6 is 18.2 Å². The molecule has 0 atom stereocenters. The number of benzene rings is 2. The summed E-state index contributed by atoms with van der Waals surface area (Å²) in [5.74, 6) is -1.64. The van der Waals surface area contributed by atoms with Crippen molar-refractivity contribution in [1.29, 1.82) is 0 Å². The lowest BCUT2D eigenvalue weighted by Gasteiger charge is -2.12. The van der Waals surface area contributed by atoms with Crippen molar-refractivity contribution in [2.45, 2.75) is 11.3 Å². The van der Waals surface area contributed by atoms with E-state index in [0.29, 0.717) is 5.56 Å². The van der Waals surface area contributed by atoms with E-state index < -0.39 is 24.1 Å². The Kier molecular flexibility index (Phi) is 5.01. The van der Waals surface area contributed by atoms with Gasteiger partial charge in [-0.15, -0.1) is 0 Å². The Bertz CT molecular complexity index is 800. The van der Waals surface area contributed by atoms with Crippen molar-refractivity contribution in [2.75, 3.05) is 0 Å². The summed E-state index contributed by atoms with van der Waals surface area (Å²) in [6.45, 7) is -4.58. The van der Waals surface area contributed by atoms with E-state index in [9.17, 15) is 24.7 Å². The molecule has 0 bridgehead atoms. The van der Waals surface area contributed by atoms with Gasteiger partial charge in [-0.3, -0.25) is 4.79 Å². The number of hydrogen-bond donors (Lipinski definition) is 5. The number of hydrogen-bond acceptors (Lipinski definition) is 6. The van der Waals surface area contributed by atoms with Gasteiger partial charge in [-0.05, 0) is 35.1 Å². The van der Waals surface area contributed by atoms with Crippen LogP contribution in [0.15, 0.2) is 41.3 Å². The van der Waals surface area contributed by atoms with Gasteiger partial charge in [-0.2, -0.15) is 0 Å². The van der Waals surface area contributed by atoms with Crippen molar-refractivity contribution in [1.82, 2.24) is 0 Å². The molecule has 0 aliphatic rings. The van der Waals surface area contributed by atoms with Crippen LogP contribution in [0.5, 0.6) is 17.2 Å². The van der Waals surface area contributed by atoms with Gasteiger partial charge >= 0.3 is 6.80 Å². The van der Waals surface area contributed by atoms with E-state index >= 15 is 0 Å². The Morgan fingerprint density at radius 1 is 1.04 bits per heavy atom. The molecule has 9 heteroatoms. The number of phenolic OH excluding ortho intramolecular Hbond substituents is 3. The molecule has 0 amide bonds. The third kappa shape index (κ3) is 4.74. The lowest BCUT2D eigenvalue weighted by molar-refractivity contribution is 0.0987. The van der Waals surface area contributed by atoms with Crippen molar-refractivity contribution in [3.63, 3.8) is 0 Å². The minimum atomic E-state index is -4.58. The summed E-state index contributed by atoms with van der Waals surface area (Å²) in [4.78, 5) is 30.3. The fraction of sp³-hybridized carbons (Fsp3) is 0.0714. The van der Waals surface area contributed by atoms with E-state index in [2.05, 4.69) is 0 Å². The average molecular weight is 356 g/mol. The lowest BCUT2D eigenvalue weighted by atomic mass is 10.0. The van der Waals surface area contributed by atoms with Gasteiger partial charge in [-0.1, -0.05) is 12.1 Å². The minimum Gasteiger partial charge on any atom is -0.508 e. The summed E-state index contributed by atoms with van der Waals surface area (Å²) >= 11 is 0.0742. The van der Waals surface area contributed by atoms with Gasteiger partial charge < -0.3 is 25.1 Å². The highest BCUT2D eigenvalue weighted by Gasteiger charge is 2.24. The van der Waals surface area contributed by atoms with Crippen LogP contribution in [-0.4, -0.2) is 30.9 Å². The molecule has 122 valence electrons. The number of ketones is 1. The molecule has 0 spiro atoms. The van der Waals surface area contributed by atoms with Crippen molar-refractivity contribution in [2.24, 2.45) is 0 Å². The maximum absolute atomic E-state index is 12.4. The minimum absolute atomic E-state index is 0.0324. The fourth-order valence-corrected chi connectivity index (χ4v) is 3.95. The molecule has 0 saturated carbocycles. The number of rotatable bonds is 5. The molecule has 0 heterocycles. The maximum Gasteiger partial charge on any atom is 0.388 e. The van der Waals surface area contributed by atoms with Crippen molar-refractivity contribution in [3.8, 4) is 17.2 Å². The van der Waals surface area contributed by atoms with Crippen LogP contribution < -0.4 is 0 Å². The molecule has 0 radical (unpaired) electrons. The van der Waals surface area contributed by atoms with Crippen LogP contribution in [0.1, 0.15) is 15.9 Å². The highest BCUT2D eigenvalue weighted by molar-refractivity contribution is 8.54. The smallest absolute Gasteiger partial charge is 0.388 e. The largest absolute Gasteiger partial charge is 0.508 e. The Morgan fingerprint density at radius 3 is 2.35 bits per heavy atom. The van der Waals surface area contributed by atoms with E-state index in [1.54, 1.807) is 12.1 Å². The van der Waals surface area contributed by atoms with Crippen LogP contribution in [0.4, 0.5) is 0 Å². The molecule has 2 rings (SSSR count). The topological polar surface area (TPSA) is 135 Å². The van der Waals surface area contributed by atoms with Crippen LogP contribution in [0.3, 0.4) is 0 Å². The summed E-state index contributed by atoms with van der Waals surface area (Å²) in [5.41, 5.74) is 0.175. The SMILES string of the molecule is O=C(Cc1cccc(O)c1)c1c(O)cc(O)cc1SP(=O)(O)O. The Hall–Kier alpha value is -1.99. The molecule has 0 aromatic heterocycles. The second kappa shape index (κ2) is 6.64. The monoisotopic (exact) mass is 356 g/mol. The molecule has 5 N–H and O–H groups in total. The Balaban J connectivity index is 2.41. The van der Waals surface area contributed by atoms with Crippen molar-refractivity contribution in [3.05, 3.63) is 47.5 Å². The third-order valence-corrected chi connectivity index (χ3v) is 4.90. The second-order valence-electron chi connectivity index (χ2n) is 4.69. The molecule has 7 nitrogen and oxygen atoms in total. The summed E-state index contributed by atoms with van der Waals surface area (Å²) in [6.07, 6.45) is -0.193. The first kappa shape index (κ1) is 17.4. The van der Waals surface area contributed by atoms with Crippen molar-refractivity contribution >= 4 is 24.0 Å². The van der Waals surface area contributed by atoms with Gasteiger partial charge in [0.25, 0.3) is 0 Å². The Morgan fingerprint density at radius 2 is 1.74 bits per heavy atom. The van der Waals surface area contributed by atoms with E-state index in [-0.39, 0.29) is 34.0 Å². The van der Waals surface area contributed by atoms with Crippen LogP contribution in [-0.2, 0) is 11.0 Å². The quantitative estimate of drug-likeness (QED) is 0.407. The Labute approximate surface area is 135 Å². The van der Waals surface area contributed by atoms with Gasteiger partial charge in [0, 0.05) is 17.4 Å². The first-order valence-electron chi connectivity index (χ1n) is 6.28. The first-order valence-corrected chi connectivity index (χ1v) is 9.31. The maximum atomic E-state index is 12.4. The molecule has 23 heavy (non-hydrogen) atoms. The molecule has 0 aliphatic heterocycles. The molecule has 2 aromatic rings. The number of aromatic hydroxyl groups is 3. The fourth-order valence-electron chi connectivity index (χ4n) is 2.01. The molecule has 0 aliphatic carbocycles. The molecule has 0 fully saturated rings. The zero-order valence-corrected chi connectivity index (χ0v) is 13.3. The summed E-state index contributed by atoms with van der Waals surface area (Å²) in [5, 5.41) is 28.7. The molecule has 0 unspecified atom stereocenters. The standard InChI is InChI=1S/C14H13O7PS/c15-9-3-1-2-8(4-9)5-11(17)14-12(18)6-10(16)7-13(14)23-22(19,20)21/h1-4,6-7,15-16,18H,5H2,(H2,19,20,21). The number of carbonyl (C=O) groups is 1. The van der Waals surface area contributed by atoms with Gasteiger partial charge in [0.2, 0.25) is 0 Å². The van der Waals surface area contributed by atoms with Crippen LogP contribution in [0.25, 0.3) is 0 Å². The summed E-state index contributed by atoms with van der Waals surface area (Å²) in [7, 11) is 0. The van der Waals surface area contributed by atoms with Gasteiger partial charge in [0.1, 0.15) is 17.2 Å². The molecular weight excluding hydrogens is 343 g/mol. The van der Waals surface area contributed by atoms with Crippen LogP contribution in [0, 0.1) is 0 Å². The zero-order valence-electron chi connectivity index (χ0n) is 11.6. The normalized spacial score (nSPS) is 11.4. The molecular formula is C14H13O7PS. The van der Waals surface area contributed by atoms with E-state index in [1.807, 2.05) is 0 Å². The summed E-state index contributed by atoms with van der Waals surface area (Å²) < 4.78 is 11.2. The van der Waals surface area contributed by atoms with Crippen molar-refractivity contribution < 1.29 is 34.5 Å². The average Bonchev–Trinajstić information content (AvgIpc) is 2.35. The second-order valence-corrected chi connectivity index (χ2v) is 8.27. The predicted octanol–water partition coefficient (Wildman–Crippen LogP) is 2.41. The summed E-state index contributed by atoms with van der Waals surface area (Å²) in [6, 6.07) is 7.84. The zero-order chi connectivity index (χ0) is 17.2. The molecule has 2 aromatic carbocycles. The number of Topliss-reactive ketones (excluding diaryl/α,β-unsaturated/α-hetero) is 1. The van der Waals surface area contributed by atoms with E-state index in [4.69, 9.17) is 9.79 Å². The lowest BCUT2D eigenvalue weighted by Crippen LogP contribution is -2.05. The highest BCUT2D eigenvalue weighted by atomic mass is 32.7. The first-order chi connectivity index (χ1) is 10.7.